The van der Waals surface area contributed by atoms with Crippen LogP contribution in [0.3, 0.4) is 0 Å². The lowest BCUT2D eigenvalue weighted by molar-refractivity contribution is 0.0373. The normalized spacial score (nSPS) is 14.6. The van der Waals surface area contributed by atoms with Crippen molar-refractivity contribution in [1.29, 1.82) is 0 Å². The van der Waals surface area contributed by atoms with Gasteiger partial charge in [-0.15, -0.1) is 0 Å². The highest BCUT2D eigenvalue weighted by molar-refractivity contribution is 6.42. The van der Waals surface area contributed by atoms with Crippen LogP contribution in [0.5, 0.6) is 0 Å². The topological polar surface area (TPSA) is 200 Å². The fraction of sp³-hybridized carbons (Fsp3) is 0.250. The third kappa shape index (κ3) is 9.63. The molecule has 0 bridgehead atoms. The summed E-state index contributed by atoms with van der Waals surface area (Å²) in [7, 11) is 0. The molecule has 0 aliphatic carbocycles. The van der Waals surface area contributed by atoms with Gasteiger partial charge in [0.25, 0.3) is 23.6 Å². The van der Waals surface area contributed by atoms with Gasteiger partial charge in [-0.2, -0.15) is 0 Å². The van der Waals surface area contributed by atoms with Crippen molar-refractivity contribution in [2.24, 2.45) is 10.7 Å². The quantitative estimate of drug-likeness (QED) is 0.0499. The number of cyclic esters (lactones) is 4. The number of esters is 4. The fourth-order valence-electron chi connectivity index (χ4n) is 14.0. The standard InChI is InChI=1S/C34H30N2O4.C24H8O6.C9H12.C5H13N.C4H5N/c1-5-17(6-2)35-31(37)23-13-9-19-21-11-15-25-30-26(34(40)36(33(25)39)18(7-3)8-4)16-12-22(28(21)30)20-10-14-24(32(35)38)29(23)27(19)20;25-21-13-5-1-9-10-2-6-15-20-16(24(28)30-23(15)27)8-4-12(18(10)20)11-3-7-14(22(26)29-21)19(13)17(9)11;1-7-4-8(2)6-9(3)5-7;1-3-5(6)4-2;1-2-4-5-3-1/h9-18H,5-8H2,1-4H3;1-8H;4-6H,1-3H3;5H,3-4,6H2,1-2H3;1,3-4H,2H2. The molecule has 90 heavy (non-hydrogen) atoms. The van der Waals surface area contributed by atoms with Crippen LogP contribution in [-0.2, 0) is 9.47 Å². The van der Waals surface area contributed by atoms with Crippen LogP contribution >= 0.6 is 0 Å². The molecule has 2 N–H and O–H groups in total. The van der Waals surface area contributed by atoms with E-state index in [2.05, 4.69) is 57.8 Å². The van der Waals surface area contributed by atoms with Gasteiger partial charge in [-0.25, -0.2) is 19.2 Å². The number of aryl methyl sites for hydroxylation is 3. The number of nitrogens with two attached hydrogens (primary N) is 1. The highest BCUT2D eigenvalue weighted by Crippen LogP contribution is 2.49. The second-order valence-electron chi connectivity index (χ2n) is 23.7. The number of benzene rings is 11. The molecule has 5 aliphatic rings. The third-order valence-corrected chi connectivity index (χ3v) is 18.4. The number of allylic oxidation sites excluding steroid dienone is 1. The largest absolute Gasteiger partial charge is 0.386 e. The number of imide groups is 2. The van der Waals surface area contributed by atoms with Gasteiger partial charge in [0, 0.05) is 80.8 Å². The average Bonchev–Trinajstić information content (AvgIpc) is 0.703. The van der Waals surface area contributed by atoms with E-state index in [1.54, 1.807) is 30.5 Å². The van der Waals surface area contributed by atoms with Gasteiger partial charge in [-0.05, 0) is 172 Å². The molecule has 14 nitrogen and oxygen atoms in total. The lowest BCUT2D eigenvalue weighted by Gasteiger charge is -2.34. The van der Waals surface area contributed by atoms with E-state index in [1.165, 1.54) is 26.5 Å². The molecule has 0 saturated carbocycles. The van der Waals surface area contributed by atoms with E-state index in [9.17, 15) is 38.4 Å². The molecule has 11 aromatic rings. The monoisotopic (exact) mass is 1200 g/mol. The molecular weight excluding hydrogens is 1130 g/mol. The van der Waals surface area contributed by atoms with Crippen molar-refractivity contribution in [2.45, 2.75) is 125 Å². The molecule has 11 aromatic carbocycles. The highest BCUT2D eigenvalue weighted by atomic mass is 16.6. The molecule has 0 radical (unpaired) electrons. The van der Waals surface area contributed by atoms with Crippen LogP contribution in [0.1, 0.15) is 186 Å². The maximum atomic E-state index is 13.7. The van der Waals surface area contributed by atoms with E-state index in [4.69, 9.17) is 15.2 Å². The Morgan fingerprint density at radius 3 is 0.800 bits per heavy atom. The molecule has 0 unspecified atom stereocenters. The van der Waals surface area contributed by atoms with E-state index < -0.39 is 23.9 Å². The summed E-state index contributed by atoms with van der Waals surface area (Å²) in [4.78, 5) is 111. The summed E-state index contributed by atoms with van der Waals surface area (Å²) in [6.07, 6.45) is 11.8. The Hall–Kier alpha value is -10.1. The zero-order valence-electron chi connectivity index (χ0n) is 51.9. The molecule has 0 aromatic heterocycles. The van der Waals surface area contributed by atoms with E-state index in [1.807, 2.05) is 113 Å². The van der Waals surface area contributed by atoms with Crippen molar-refractivity contribution in [3.05, 3.63) is 189 Å². The van der Waals surface area contributed by atoms with Crippen LogP contribution in [0.2, 0.25) is 0 Å². The molecular formula is C76H68N4O10. The first-order valence-electron chi connectivity index (χ1n) is 31.1. The predicted octanol–water partition coefficient (Wildman–Crippen LogP) is 16.4. The Bertz CT molecular complexity index is 4400. The Balaban J connectivity index is 0.000000136. The van der Waals surface area contributed by atoms with Crippen LogP contribution in [0.4, 0.5) is 0 Å². The van der Waals surface area contributed by atoms with Gasteiger partial charge >= 0.3 is 23.9 Å². The first kappa shape index (κ1) is 60.2. The van der Waals surface area contributed by atoms with Crippen LogP contribution in [0, 0.1) is 20.8 Å². The van der Waals surface area contributed by atoms with Gasteiger partial charge in [-0.3, -0.25) is 34.0 Å². The van der Waals surface area contributed by atoms with Gasteiger partial charge < -0.3 is 15.2 Å². The molecule has 0 spiro atoms. The van der Waals surface area contributed by atoms with Crippen LogP contribution in [-0.4, -0.2) is 81.6 Å². The summed E-state index contributed by atoms with van der Waals surface area (Å²) < 4.78 is 9.74. The number of hydrogen-bond donors (Lipinski definition) is 1. The number of fused-ring (bicyclic) bond motifs is 4. The summed E-state index contributed by atoms with van der Waals surface area (Å²) in [6, 6.07) is 35.7. The summed E-state index contributed by atoms with van der Waals surface area (Å²) in [5, 5.41) is 12.8. The van der Waals surface area contributed by atoms with E-state index in [-0.39, 0.29) is 35.7 Å². The van der Waals surface area contributed by atoms with Crippen LogP contribution in [0.25, 0.3) is 86.2 Å². The zero-order valence-corrected chi connectivity index (χ0v) is 51.9. The minimum atomic E-state index is -0.666. The number of amides is 4. The van der Waals surface area contributed by atoms with Gasteiger partial charge in [0.05, 0.1) is 22.3 Å². The van der Waals surface area contributed by atoms with Crippen molar-refractivity contribution in [2.75, 3.05) is 0 Å². The van der Waals surface area contributed by atoms with Crippen LogP contribution < -0.4 is 5.73 Å². The minimum Gasteiger partial charge on any atom is -0.386 e. The van der Waals surface area contributed by atoms with Crippen molar-refractivity contribution < 1.29 is 47.8 Å². The maximum absolute atomic E-state index is 13.7. The smallest absolute Gasteiger partial charge is 0.346 e. The Morgan fingerprint density at radius 1 is 0.367 bits per heavy atom. The van der Waals surface area contributed by atoms with Gasteiger partial charge in [-0.1, -0.05) is 131 Å². The highest BCUT2D eigenvalue weighted by Gasteiger charge is 2.40. The SMILES string of the molecule is C1=CN=CC1.CCC(CC)N1C(=O)c2ccc3c4ccc5c6c(ccc(c7ccc(c2c37)C1=O)c64)C(=O)N(C(CC)CC)C5=O.CCC(N)CC.Cc1cc(C)cc(C)c1.O=C1OC(=O)c2ccc3c4ccc5c6c(ccc(c7ccc1c2c73)c64)C(=O)OC5=O. The first-order valence-corrected chi connectivity index (χ1v) is 31.1. The zero-order chi connectivity index (χ0) is 63.7. The maximum Gasteiger partial charge on any atom is 0.346 e. The molecule has 16 rings (SSSR count). The average molecular weight is 1200 g/mol. The van der Waals surface area contributed by atoms with Crippen molar-refractivity contribution in [1.82, 2.24) is 9.80 Å². The lowest BCUT2D eigenvalue weighted by atomic mass is 9.82. The van der Waals surface area contributed by atoms with E-state index in [0.29, 0.717) is 97.8 Å². The van der Waals surface area contributed by atoms with Crippen molar-refractivity contribution in [3.63, 3.8) is 0 Å². The Morgan fingerprint density at radius 2 is 0.611 bits per heavy atom. The second-order valence-corrected chi connectivity index (χ2v) is 23.7. The van der Waals surface area contributed by atoms with Gasteiger partial charge in [0.2, 0.25) is 0 Å². The fourth-order valence-corrected chi connectivity index (χ4v) is 14.0. The number of ether oxygens (including phenoxy) is 2. The first-order chi connectivity index (χ1) is 43.4. The molecule has 14 heteroatoms. The van der Waals surface area contributed by atoms with Crippen molar-refractivity contribution in [3.8, 4) is 0 Å². The van der Waals surface area contributed by atoms with Crippen LogP contribution in [0.15, 0.2) is 133 Å². The number of hydrogen-bond acceptors (Lipinski definition) is 12. The molecule has 0 fully saturated rings. The number of nitrogens with zero attached hydrogens (tertiary/aromatic N) is 3. The molecule has 0 atom stereocenters. The number of aliphatic imine (C=N–C) groups is 1. The summed E-state index contributed by atoms with van der Waals surface area (Å²) in [5.74, 6) is -3.65. The minimum absolute atomic E-state index is 0.151. The van der Waals surface area contributed by atoms with E-state index in [0.717, 1.165) is 83.9 Å². The molecule has 0 saturated heterocycles. The Kier molecular flexibility index (Phi) is 15.9. The summed E-state index contributed by atoms with van der Waals surface area (Å²) >= 11 is 0. The summed E-state index contributed by atoms with van der Waals surface area (Å²) in [5.41, 5.74) is 13.1. The molecule has 5 heterocycles. The molecule has 5 aliphatic heterocycles. The third-order valence-electron chi connectivity index (χ3n) is 18.4. The Labute approximate surface area is 519 Å². The second kappa shape index (κ2) is 23.8. The number of carbonyl (C=O) groups excluding carboxylic acids is 8. The predicted molar refractivity (Wildman–Crippen MR) is 356 cm³/mol. The summed E-state index contributed by atoms with van der Waals surface area (Å²) in [6.45, 7) is 18.6. The molecule has 4 amide bonds. The number of carbonyl (C=O) groups is 8. The molecule has 452 valence electrons. The number of rotatable bonds is 8. The van der Waals surface area contributed by atoms with Gasteiger partial charge in [0.1, 0.15) is 0 Å². The van der Waals surface area contributed by atoms with Crippen molar-refractivity contribution >= 4 is 140 Å². The van der Waals surface area contributed by atoms with Gasteiger partial charge in [0.15, 0.2) is 0 Å². The lowest BCUT2D eigenvalue weighted by Crippen LogP contribution is -2.46. The van der Waals surface area contributed by atoms with E-state index >= 15 is 0 Å².